The SMILES string of the molecule is Cc1ccc(NCc2nc3ccsc3c(=O)[nH]2)cc1F. The molecule has 0 saturated carbocycles. The fourth-order valence-corrected chi connectivity index (χ4v) is 2.62. The predicted molar refractivity (Wildman–Crippen MR) is 78.7 cm³/mol. The molecule has 0 bridgehead atoms. The topological polar surface area (TPSA) is 57.8 Å². The molecule has 0 atom stereocenters. The Hall–Kier alpha value is -2.21. The Labute approximate surface area is 118 Å². The summed E-state index contributed by atoms with van der Waals surface area (Å²) in [6.07, 6.45) is 0. The van der Waals surface area contributed by atoms with Crippen molar-refractivity contribution in [3.8, 4) is 0 Å². The van der Waals surface area contributed by atoms with E-state index in [9.17, 15) is 9.18 Å². The van der Waals surface area contributed by atoms with Crippen molar-refractivity contribution in [2.24, 2.45) is 0 Å². The lowest BCUT2D eigenvalue weighted by molar-refractivity contribution is 0.619. The van der Waals surface area contributed by atoms with Crippen LogP contribution in [0.3, 0.4) is 0 Å². The monoisotopic (exact) mass is 289 g/mol. The van der Waals surface area contributed by atoms with Crippen molar-refractivity contribution in [1.82, 2.24) is 9.97 Å². The van der Waals surface area contributed by atoms with Crippen molar-refractivity contribution >= 4 is 27.2 Å². The van der Waals surface area contributed by atoms with Crippen LogP contribution in [0.2, 0.25) is 0 Å². The second kappa shape index (κ2) is 5.05. The third kappa shape index (κ3) is 2.42. The van der Waals surface area contributed by atoms with Gasteiger partial charge in [0.15, 0.2) is 0 Å². The van der Waals surface area contributed by atoms with Gasteiger partial charge in [0, 0.05) is 5.69 Å². The molecule has 102 valence electrons. The number of halogens is 1. The van der Waals surface area contributed by atoms with E-state index >= 15 is 0 Å². The quantitative estimate of drug-likeness (QED) is 0.779. The molecule has 20 heavy (non-hydrogen) atoms. The number of benzene rings is 1. The predicted octanol–water partition coefficient (Wildman–Crippen LogP) is 3.04. The van der Waals surface area contributed by atoms with E-state index in [2.05, 4.69) is 15.3 Å². The minimum atomic E-state index is -0.260. The van der Waals surface area contributed by atoms with Gasteiger partial charge >= 0.3 is 0 Å². The second-order valence-electron chi connectivity index (χ2n) is 4.47. The summed E-state index contributed by atoms with van der Waals surface area (Å²) in [6.45, 7) is 2.05. The first kappa shape index (κ1) is 12.8. The number of fused-ring (bicyclic) bond motifs is 1. The van der Waals surface area contributed by atoms with Gasteiger partial charge in [0.2, 0.25) is 0 Å². The highest BCUT2D eigenvalue weighted by molar-refractivity contribution is 7.17. The van der Waals surface area contributed by atoms with Crippen molar-refractivity contribution < 1.29 is 4.39 Å². The molecule has 2 aromatic heterocycles. The summed E-state index contributed by atoms with van der Waals surface area (Å²) < 4.78 is 14.0. The Balaban J connectivity index is 1.82. The van der Waals surface area contributed by atoms with Crippen LogP contribution >= 0.6 is 11.3 Å². The number of rotatable bonds is 3. The zero-order valence-corrected chi connectivity index (χ0v) is 11.6. The lowest BCUT2D eigenvalue weighted by Gasteiger charge is -2.07. The van der Waals surface area contributed by atoms with Crippen LogP contribution in [0.15, 0.2) is 34.4 Å². The van der Waals surface area contributed by atoms with Gasteiger partial charge in [-0.05, 0) is 36.1 Å². The number of aryl methyl sites for hydroxylation is 1. The first-order valence-corrected chi connectivity index (χ1v) is 6.98. The number of aromatic nitrogens is 2. The van der Waals surface area contributed by atoms with Gasteiger partial charge in [-0.2, -0.15) is 0 Å². The summed E-state index contributed by atoms with van der Waals surface area (Å²) in [5, 5.41) is 4.88. The molecule has 3 rings (SSSR count). The summed E-state index contributed by atoms with van der Waals surface area (Å²) in [7, 11) is 0. The Morgan fingerprint density at radius 2 is 2.25 bits per heavy atom. The van der Waals surface area contributed by atoms with Crippen molar-refractivity contribution in [2.75, 3.05) is 5.32 Å². The Morgan fingerprint density at radius 1 is 1.40 bits per heavy atom. The lowest BCUT2D eigenvalue weighted by Crippen LogP contribution is -2.13. The Kier molecular flexibility index (Phi) is 3.23. The zero-order valence-electron chi connectivity index (χ0n) is 10.7. The van der Waals surface area contributed by atoms with E-state index < -0.39 is 0 Å². The number of thiophene rings is 1. The molecule has 0 aliphatic heterocycles. The summed E-state index contributed by atoms with van der Waals surface area (Å²) in [4.78, 5) is 18.9. The van der Waals surface area contributed by atoms with Gasteiger partial charge in [0.25, 0.3) is 5.56 Å². The summed E-state index contributed by atoms with van der Waals surface area (Å²) in [5.41, 5.74) is 1.80. The molecule has 0 aliphatic carbocycles. The third-order valence-electron chi connectivity index (χ3n) is 3.00. The number of nitrogens with one attached hydrogen (secondary N) is 2. The van der Waals surface area contributed by atoms with Crippen LogP contribution in [0, 0.1) is 12.7 Å². The highest BCUT2D eigenvalue weighted by Gasteiger charge is 2.05. The number of nitrogens with zero attached hydrogens (tertiary/aromatic N) is 1. The molecule has 2 heterocycles. The van der Waals surface area contributed by atoms with Gasteiger partial charge < -0.3 is 10.3 Å². The standard InChI is InChI=1S/C14H12FN3OS/c1-8-2-3-9(6-10(8)15)16-7-12-17-11-4-5-20-13(11)14(19)18-12/h2-6,16H,7H2,1H3,(H,17,18,19). The van der Waals surface area contributed by atoms with E-state index in [1.807, 2.05) is 11.4 Å². The van der Waals surface area contributed by atoms with Crippen molar-refractivity contribution in [3.05, 3.63) is 57.2 Å². The summed E-state index contributed by atoms with van der Waals surface area (Å²) in [6, 6.07) is 6.73. The van der Waals surface area contributed by atoms with Crippen molar-refractivity contribution in [3.63, 3.8) is 0 Å². The maximum Gasteiger partial charge on any atom is 0.268 e. The highest BCUT2D eigenvalue weighted by Crippen LogP contribution is 2.16. The molecule has 0 unspecified atom stereocenters. The first-order chi connectivity index (χ1) is 9.63. The fourth-order valence-electron chi connectivity index (χ4n) is 1.89. The molecule has 0 spiro atoms. The molecule has 3 aromatic rings. The number of anilines is 1. The maximum atomic E-state index is 13.4. The zero-order chi connectivity index (χ0) is 14.1. The van der Waals surface area contributed by atoms with E-state index in [0.29, 0.717) is 33.8 Å². The smallest absolute Gasteiger partial charge is 0.268 e. The van der Waals surface area contributed by atoms with Crippen LogP contribution in [0.1, 0.15) is 11.4 Å². The molecular formula is C14H12FN3OS. The van der Waals surface area contributed by atoms with Gasteiger partial charge in [-0.15, -0.1) is 11.3 Å². The molecule has 0 fully saturated rings. The van der Waals surface area contributed by atoms with E-state index in [1.165, 1.54) is 17.4 Å². The van der Waals surface area contributed by atoms with Crippen molar-refractivity contribution in [2.45, 2.75) is 13.5 Å². The second-order valence-corrected chi connectivity index (χ2v) is 5.38. The van der Waals surface area contributed by atoms with E-state index in [-0.39, 0.29) is 11.4 Å². The van der Waals surface area contributed by atoms with Crippen molar-refractivity contribution in [1.29, 1.82) is 0 Å². The highest BCUT2D eigenvalue weighted by atomic mass is 32.1. The Morgan fingerprint density at radius 3 is 3.05 bits per heavy atom. The molecule has 0 amide bonds. The van der Waals surface area contributed by atoms with Crippen LogP contribution in [0.25, 0.3) is 10.2 Å². The molecule has 1 aromatic carbocycles. The van der Waals surface area contributed by atoms with E-state index in [1.54, 1.807) is 19.1 Å². The average molecular weight is 289 g/mol. The van der Waals surface area contributed by atoms with Gasteiger partial charge in [0.1, 0.15) is 16.3 Å². The number of aromatic amines is 1. The third-order valence-corrected chi connectivity index (χ3v) is 3.90. The fraction of sp³-hybridized carbons (Fsp3) is 0.143. The molecule has 2 N–H and O–H groups in total. The average Bonchev–Trinajstić information content (AvgIpc) is 2.89. The molecule has 4 nitrogen and oxygen atoms in total. The maximum absolute atomic E-state index is 13.4. The van der Waals surface area contributed by atoms with Crippen LogP contribution in [-0.2, 0) is 6.54 Å². The minimum Gasteiger partial charge on any atom is -0.378 e. The minimum absolute atomic E-state index is 0.142. The number of H-pyrrole nitrogens is 1. The molecule has 6 heteroatoms. The van der Waals surface area contributed by atoms with Crippen LogP contribution in [0.5, 0.6) is 0 Å². The van der Waals surface area contributed by atoms with E-state index in [0.717, 1.165) is 0 Å². The van der Waals surface area contributed by atoms with Crippen LogP contribution in [0.4, 0.5) is 10.1 Å². The first-order valence-electron chi connectivity index (χ1n) is 6.10. The lowest BCUT2D eigenvalue weighted by atomic mass is 10.2. The van der Waals surface area contributed by atoms with Gasteiger partial charge in [0.05, 0.1) is 12.1 Å². The Bertz CT molecular complexity index is 825. The van der Waals surface area contributed by atoms with E-state index in [4.69, 9.17) is 0 Å². The number of hydrogen-bond acceptors (Lipinski definition) is 4. The van der Waals surface area contributed by atoms with Gasteiger partial charge in [-0.1, -0.05) is 6.07 Å². The van der Waals surface area contributed by atoms with Gasteiger partial charge in [-0.25, -0.2) is 9.37 Å². The molecule has 0 radical (unpaired) electrons. The summed E-state index contributed by atoms with van der Waals surface area (Å²) in [5.74, 6) is 0.270. The normalized spacial score (nSPS) is 10.9. The molecular weight excluding hydrogens is 277 g/mol. The number of hydrogen-bond donors (Lipinski definition) is 2. The summed E-state index contributed by atoms with van der Waals surface area (Å²) >= 11 is 1.36. The van der Waals surface area contributed by atoms with Gasteiger partial charge in [-0.3, -0.25) is 4.79 Å². The molecule has 0 aliphatic rings. The van der Waals surface area contributed by atoms with Crippen LogP contribution < -0.4 is 10.9 Å². The molecule has 0 saturated heterocycles. The van der Waals surface area contributed by atoms with Crippen LogP contribution in [-0.4, -0.2) is 9.97 Å². The largest absolute Gasteiger partial charge is 0.378 e.